The topological polar surface area (TPSA) is 44.8 Å². The summed E-state index contributed by atoms with van der Waals surface area (Å²) in [4.78, 5) is 11.9. The predicted octanol–water partition coefficient (Wildman–Crippen LogP) is 2.67. The number of rotatable bonds is 4. The Hall–Kier alpha value is -0.545. The van der Waals surface area contributed by atoms with Crippen molar-refractivity contribution in [3.05, 3.63) is 0 Å². The third kappa shape index (κ3) is 2.43. The Morgan fingerprint density at radius 2 is 1.68 bits per heavy atom. The Morgan fingerprint density at radius 1 is 1.16 bits per heavy atom. The fourth-order valence-corrected chi connectivity index (χ4v) is 2.91. The predicted molar refractivity (Wildman–Crippen MR) is 73.7 cm³/mol. The first-order chi connectivity index (χ1) is 8.75. The van der Waals surface area contributed by atoms with E-state index in [-0.39, 0.29) is 36.0 Å². The lowest BCUT2D eigenvalue weighted by molar-refractivity contribution is -0.145. The summed E-state index contributed by atoms with van der Waals surface area (Å²) in [5.74, 6) is 0.313. The zero-order chi connectivity index (χ0) is 14.4. The van der Waals surface area contributed by atoms with Gasteiger partial charge in [-0.15, -0.1) is 0 Å². The van der Waals surface area contributed by atoms with Gasteiger partial charge in [0.1, 0.15) is 0 Å². The van der Waals surface area contributed by atoms with Gasteiger partial charge in [0.2, 0.25) is 0 Å². The van der Waals surface area contributed by atoms with Crippen LogP contribution in [0.4, 0.5) is 0 Å². The Morgan fingerprint density at radius 3 is 2.11 bits per heavy atom. The van der Waals surface area contributed by atoms with E-state index < -0.39 is 0 Å². The Balaban J connectivity index is 2.06. The zero-order valence-corrected chi connectivity index (χ0v) is 12.9. The summed E-state index contributed by atoms with van der Waals surface area (Å²) < 4.78 is 17.2. The van der Waals surface area contributed by atoms with Gasteiger partial charge in [-0.25, -0.2) is 0 Å². The molecule has 0 spiro atoms. The maximum Gasteiger partial charge on any atom is 0.462 e. The van der Waals surface area contributed by atoms with E-state index >= 15 is 0 Å². The summed E-state index contributed by atoms with van der Waals surface area (Å²) >= 11 is 0. The van der Waals surface area contributed by atoms with Gasteiger partial charge in [-0.3, -0.25) is 4.79 Å². The highest BCUT2D eigenvalue weighted by molar-refractivity contribution is 6.49. The molecule has 0 N–H and O–H groups in total. The molecule has 1 saturated carbocycles. The largest absolute Gasteiger partial charge is 0.466 e. The SMILES string of the molecule is CCOC(=O)C1C(CC)C1B1OC(C)(C)C(C)(C)O1. The lowest BCUT2D eigenvalue weighted by atomic mass is 9.79. The van der Waals surface area contributed by atoms with Crippen molar-refractivity contribution in [2.45, 2.75) is 65.0 Å². The second-order valence-electron chi connectivity index (χ2n) is 6.55. The van der Waals surface area contributed by atoms with Crippen LogP contribution < -0.4 is 0 Å². The number of ether oxygens (including phenoxy) is 1. The molecule has 3 unspecified atom stereocenters. The number of esters is 1. The average molecular weight is 268 g/mol. The minimum Gasteiger partial charge on any atom is -0.466 e. The molecule has 0 radical (unpaired) electrons. The van der Waals surface area contributed by atoms with Crippen LogP contribution in [-0.4, -0.2) is 30.9 Å². The van der Waals surface area contributed by atoms with Crippen LogP contribution in [-0.2, 0) is 18.8 Å². The van der Waals surface area contributed by atoms with Gasteiger partial charge in [0.05, 0.1) is 23.7 Å². The molecule has 0 aromatic heterocycles. The van der Waals surface area contributed by atoms with E-state index in [4.69, 9.17) is 14.0 Å². The zero-order valence-electron chi connectivity index (χ0n) is 12.9. The standard InChI is InChI=1S/C14H25BO4/c1-7-9-10(12(16)17-8-2)11(9)15-18-13(3,4)14(5,6)19-15/h9-11H,7-8H2,1-6H3. The lowest BCUT2D eigenvalue weighted by Crippen LogP contribution is -2.41. The molecule has 2 fully saturated rings. The highest BCUT2D eigenvalue weighted by Gasteiger charge is 2.66. The monoisotopic (exact) mass is 268 g/mol. The van der Waals surface area contributed by atoms with Crippen LogP contribution in [0.15, 0.2) is 0 Å². The quantitative estimate of drug-likeness (QED) is 0.581. The fraction of sp³-hybridized carbons (Fsp3) is 0.929. The molecule has 2 rings (SSSR count). The van der Waals surface area contributed by atoms with Crippen LogP contribution in [0.1, 0.15) is 48.0 Å². The molecule has 1 aliphatic carbocycles. The summed E-state index contributed by atoms with van der Waals surface area (Å²) in [5, 5.41) is 0. The minimum absolute atomic E-state index is 0.0559. The molecule has 0 bridgehead atoms. The van der Waals surface area contributed by atoms with Crippen molar-refractivity contribution in [2.75, 3.05) is 6.61 Å². The number of carbonyl (C=O) groups excluding carboxylic acids is 1. The molecule has 0 aromatic carbocycles. The molecule has 5 heteroatoms. The second kappa shape index (κ2) is 4.78. The highest BCUT2D eigenvalue weighted by atomic mass is 16.7. The molecular formula is C14H25BO4. The maximum absolute atomic E-state index is 11.9. The Bertz CT molecular complexity index is 350. The van der Waals surface area contributed by atoms with E-state index in [9.17, 15) is 4.79 Å². The fourth-order valence-electron chi connectivity index (χ4n) is 2.91. The van der Waals surface area contributed by atoms with Crippen molar-refractivity contribution in [3.63, 3.8) is 0 Å². The maximum atomic E-state index is 11.9. The molecule has 2 aliphatic rings. The summed E-state index contributed by atoms with van der Waals surface area (Å²) in [5.41, 5.74) is -0.671. The van der Waals surface area contributed by atoms with Crippen molar-refractivity contribution in [3.8, 4) is 0 Å². The molecule has 108 valence electrons. The first kappa shape index (κ1) is 14.9. The van der Waals surface area contributed by atoms with Crippen LogP contribution in [0, 0.1) is 11.8 Å². The normalized spacial score (nSPS) is 35.3. The molecule has 1 saturated heterocycles. The third-order valence-electron chi connectivity index (χ3n) is 4.85. The second-order valence-corrected chi connectivity index (χ2v) is 6.55. The summed E-state index contributed by atoms with van der Waals surface area (Å²) in [6.07, 6.45) is 0.957. The van der Waals surface area contributed by atoms with Crippen LogP contribution in [0.25, 0.3) is 0 Å². The smallest absolute Gasteiger partial charge is 0.462 e. The van der Waals surface area contributed by atoms with Gasteiger partial charge >= 0.3 is 13.1 Å². The van der Waals surface area contributed by atoms with E-state index in [1.165, 1.54) is 0 Å². The molecular weight excluding hydrogens is 243 g/mol. The van der Waals surface area contributed by atoms with E-state index in [0.29, 0.717) is 12.5 Å². The lowest BCUT2D eigenvalue weighted by Gasteiger charge is -2.32. The van der Waals surface area contributed by atoms with Gasteiger partial charge in [-0.1, -0.05) is 13.3 Å². The summed E-state index contributed by atoms with van der Waals surface area (Å²) in [7, 11) is -0.288. The third-order valence-corrected chi connectivity index (χ3v) is 4.85. The van der Waals surface area contributed by atoms with E-state index in [1.807, 2.05) is 34.6 Å². The number of hydrogen-bond acceptors (Lipinski definition) is 4. The molecule has 1 heterocycles. The Labute approximate surface area is 116 Å². The van der Waals surface area contributed by atoms with Gasteiger partial charge < -0.3 is 14.0 Å². The van der Waals surface area contributed by atoms with E-state index in [0.717, 1.165) is 6.42 Å². The molecule has 1 aliphatic heterocycles. The Kier molecular flexibility index (Phi) is 3.73. The summed E-state index contributed by atoms with van der Waals surface area (Å²) in [6.45, 7) is 12.5. The first-order valence-electron chi connectivity index (χ1n) is 7.27. The van der Waals surface area contributed by atoms with Crippen molar-refractivity contribution in [1.82, 2.24) is 0 Å². The average Bonchev–Trinajstić information content (AvgIpc) is 2.96. The van der Waals surface area contributed by atoms with Crippen molar-refractivity contribution in [1.29, 1.82) is 0 Å². The van der Waals surface area contributed by atoms with E-state index in [1.54, 1.807) is 0 Å². The molecule has 4 nitrogen and oxygen atoms in total. The van der Waals surface area contributed by atoms with Gasteiger partial charge in [0.25, 0.3) is 0 Å². The molecule has 0 aromatic rings. The van der Waals surface area contributed by atoms with Crippen LogP contribution in [0.2, 0.25) is 5.82 Å². The highest BCUT2D eigenvalue weighted by Crippen LogP contribution is 2.59. The van der Waals surface area contributed by atoms with Crippen molar-refractivity contribution in [2.24, 2.45) is 11.8 Å². The van der Waals surface area contributed by atoms with Gasteiger partial charge in [-0.2, -0.15) is 0 Å². The summed E-state index contributed by atoms with van der Waals surface area (Å²) in [6, 6.07) is 0. The van der Waals surface area contributed by atoms with Gasteiger partial charge in [-0.05, 0) is 40.5 Å². The van der Waals surface area contributed by atoms with Crippen LogP contribution in [0.3, 0.4) is 0 Å². The molecule has 3 atom stereocenters. The minimum atomic E-state index is -0.336. The first-order valence-corrected chi connectivity index (χ1v) is 7.27. The van der Waals surface area contributed by atoms with Crippen LogP contribution in [0.5, 0.6) is 0 Å². The molecule has 19 heavy (non-hydrogen) atoms. The number of hydrogen-bond donors (Lipinski definition) is 0. The van der Waals surface area contributed by atoms with Crippen molar-refractivity contribution < 1.29 is 18.8 Å². The van der Waals surface area contributed by atoms with Crippen LogP contribution >= 0.6 is 0 Å². The van der Waals surface area contributed by atoms with E-state index in [2.05, 4.69) is 6.92 Å². The molecule has 0 amide bonds. The van der Waals surface area contributed by atoms with Gasteiger partial charge in [0, 0.05) is 5.82 Å². The van der Waals surface area contributed by atoms with Crippen molar-refractivity contribution >= 4 is 13.1 Å². The number of carbonyl (C=O) groups is 1. The van der Waals surface area contributed by atoms with Gasteiger partial charge in [0.15, 0.2) is 0 Å².